The van der Waals surface area contributed by atoms with Crippen molar-refractivity contribution in [1.82, 2.24) is 0 Å². The van der Waals surface area contributed by atoms with Crippen LogP contribution in [0.15, 0.2) is 30.9 Å². The molecular formula is C19H23FO3. The fourth-order valence-corrected chi connectivity index (χ4v) is 3.40. The number of hydrogen-bond donors (Lipinski definition) is 0. The number of fused-ring (bicyclic) bond motifs is 1. The Morgan fingerprint density at radius 1 is 1.48 bits per heavy atom. The standard InChI is InChI=1S/C19H23FO3/c1-3-11-19(12-6-9-17(21)23-4-2)13-10-14-15(18(19)22)7-5-8-16(14)20/h3,5,7-8H,1,4,6,9-13H2,2H3/t19-/m1/s1. The number of rotatable bonds is 7. The van der Waals surface area contributed by atoms with Crippen LogP contribution in [-0.2, 0) is 16.0 Å². The SMILES string of the molecule is C=CC[C@@]1(CCCC(=O)OCC)CCc2c(F)cccc2C1=O. The summed E-state index contributed by atoms with van der Waals surface area (Å²) in [6.07, 6.45) is 4.90. The Hall–Kier alpha value is -1.97. The van der Waals surface area contributed by atoms with E-state index in [-0.39, 0.29) is 17.6 Å². The van der Waals surface area contributed by atoms with Crippen molar-refractivity contribution in [3.63, 3.8) is 0 Å². The summed E-state index contributed by atoms with van der Waals surface area (Å²) >= 11 is 0. The van der Waals surface area contributed by atoms with Crippen LogP contribution in [-0.4, -0.2) is 18.4 Å². The molecule has 0 fully saturated rings. The van der Waals surface area contributed by atoms with Gasteiger partial charge in [-0.15, -0.1) is 6.58 Å². The minimum Gasteiger partial charge on any atom is -0.466 e. The summed E-state index contributed by atoms with van der Waals surface area (Å²) in [6, 6.07) is 4.67. The van der Waals surface area contributed by atoms with Gasteiger partial charge in [0.05, 0.1) is 6.61 Å². The molecule has 1 aliphatic rings. The van der Waals surface area contributed by atoms with Crippen molar-refractivity contribution < 1.29 is 18.7 Å². The van der Waals surface area contributed by atoms with Crippen LogP contribution in [0.2, 0.25) is 0 Å². The second-order valence-electron chi connectivity index (χ2n) is 6.03. The van der Waals surface area contributed by atoms with Gasteiger partial charge in [-0.25, -0.2) is 4.39 Å². The molecule has 0 aliphatic heterocycles. The van der Waals surface area contributed by atoms with Crippen molar-refractivity contribution in [3.8, 4) is 0 Å². The molecule has 0 unspecified atom stereocenters. The third-order valence-electron chi connectivity index (χ3n) is 4.58. The van der Waals surface area contributed by atoms with E-state index in [9.17, 15) is 14.0 Å². The lowest BCUT2D eigenvalue weighted by Crippen LogP contribution is -2.36. The van der Waals surface area contributed by atoms with Crippen LogP contribution < -0.4 is 0 Å². The third kappa shape index (κ3) is 3.69. The zero-order valence-electron chi connectivity index (χ0n) is 13.6. The molecule has 0 amide bonds. The van der Waals surface area contributed by atoms with Crippen molar-refractivity contribution in [3.05, 3.63) is 47.8 Å². The summed E-state index contributed by atoms with van der Waals surface area (Å²) in [6.45, 7) is 5.90. The van der Waals surface area contributed by atoms with Crippen LogP contribution >= 0.6 is 0 Å². The average Bonchev–Trinajstić information content (AvgIpc) is 2.52. The normalized spacial score (nSPS) is 20.0. The molecule has 1 aromatic carbocycles. The minimum atomic E-state index is -0.574. The number of hydrogen-bond acceptors (Lipinski definition) is 3. The van der Waals surface area contributed by atoms with Crippen molar-refractivity contribution in [2.24, 2.45) is 5.41 Å². The molecule has 0 radical (unpaired) electrons. The van der Waals surface area contributed by atoms with Gasteiger partial charge in [0.2, 0.25) is 0 Å². The molecule has 2 rings (SSSR count). The van der Waals surface area contributed by atoms with Crippen LogP contribution in [0.25, 0.3) is 0 Å². The second-order valence-corrected chi connectivity index (χ2v) is 6.03. The van der Waals surface area contributed by atoms with Gasteiger partial charge in [0.1, 0.15) is 5.82 Å². The van der Waals surface area contributed by atoms with E-state index in [0.717, 1.165) is 0 Å². The highest BCUT2D eigenvalue weighted by atomic mass is 19.1. The Balaban J connectivity index is 2.16. The van der Waals surface area contributed by atoms with Gasteiger partial charge in [-0.3, -0.25) is 9.59 Å². The van der Waals surface area contributed by atoms with Gasteiger partial charge in [0, 0.05) is 17.4 Å². The maximum Gasteiger partial charge on any atom is 0.305 e. The van der Waals surface area contributed by atoms with E-state index in [0.29, 0.717) is 56.3 Å². The van der Waals surface area contributed by atoms with Crippen LogP contribution in [0, 0.1) is 11.2 Å². The Morgan fingerprint density at radius 2 is 2.26 bits per heavy atom. The molecule has 1 atom stereocenters. The highest BCUT2D eigenvalue weighted by molar-refractivity contribution is 6.03. The molecule has 3 nitrogen and oxygen atoms in total. The number of Topliss-reactive ketones (excluding diaryl/α,β-unsaturated/α-hetero) is 1. The average molecular weight is 318 g/mol. The molecule has 0 spiro atoms. The molecule has 23 heavy (non-hydrogen) atoms. The van der Waals surface area contributed by atoms with E-state index in [4.69, 9.17) is 4.74 Å². The Kier molecular flexibility index (Phi) is 5.69. The predicted octanol–water partition coefficient (Wildman–Crippen LogP) is 4.25. The van der Waals surface area contributed by atoms with Gasteiger partial charge >= 0.3 is 5.97 Å². The van der Waals surface area contributed by atoms with E-state index in [1.54, 1.807) is 25.1 Å². The summed E-state index contributed by atoms with van der Waals surface area (Å²) in [4.78, 5) is 24.4. The largest absolute Gasteiger partial charge is 0.466 e. The first kappa shape index (κ1) is 17.4. The zero-order valence-corrected chi connectivity index (χ0v) is 13.6. The number of ether oxygens (including phenoxy) is 1. The molecule has 0 saturated heterocycles. The minimum absolute atomic E-state index is 0.0259. The molecule has 1 aromatic rings. The maximum atomic E-state index is 13.9. The monoisotopic (exact) mass is 318 g/mol. The summed E-state index contributed by atoms with van der Waals surface area (Å²) in [5.41, 5.74) is 0.423. The molecule has 0 heterocycles. The molecule has 0 saturated carbocycles. The number of ketones is 1. The smallest absolute Gasteiger partial charge is 0.305 e. The molecule has 0 N–H and O–H groups in total. The first-order valence-corrected chi connectivity index (χ1v) is 8.13. The fraction of sp³-hybridized carbons (Fsp3) is 0.474. The van der Waals surface area contributed by atoms with Crippen LogP contribution in [0.5, 0.6) is 0 Å². The van der Waals surface area contributed by atoms with E-state index in [1.807, 2.05) is 0 Å². The first-order chi connectivity index (χ1) is 11.0. The van der Waals surface area contributed by atoms with E-state index < -0.39 is 5.41 Å². The highest BCUT2D eigenvalue weighted by Gasteiger charge is 2.41. The lowest BCUT2D eigenvalue weighted by Gasteiger charge is -2.36. The van der Waals surface area contributed by atoms with Crippen LogP contribution in [0.3, 0.4) is 0 Å². The van der Waals surface area contributed by atoms with Crippen molar-refractivity contribution in [2.75, 3.05) is 6.61 Å². The van der Waals surface area contributed by atoms with Gasteiger partial charge in [-0.05, 0) is 50.7 Å². The number of halogens is 1. The van der Waals surface area contributed by atoms with Gasteiger partial charge in [0.15, 0.2) is 5.78 Å². The third-order valence-corrected chi connectivity index (χ3v) is 4.58. The molecule has 1 aliphatic carbocycles. The Morgan fingerprint density at radius 3 is 2.96 bits per heavy atom. The number of carbonyl (C=O) groups excluding carboxylic acids is 2. The number of carbonyl (C=O) groups is 2. The van der Waals surface area contributed by atoms with Gasteiger partial charge in [-0.2, -0.15) is 0 Å². The molecule has 124 valence electrons. The molecule has 4 heteroatoms. The van der Waals surface area contributed by atoms with Gasteiger partial charge in [-0.1, -0.05) is 18.2 Å². The van der Waals surface area contributed by atoms with Crippen molar-refractivity contribution in [1.29, 1.82) is 0 Å². The summed E-state index contributed by atoms with van der Waals surface area (Å²) in [5, 5.41) is 0. The lowest BCUT2D eigenvalue weighted by molar-refractivity contribution is -0.143. The zero-order chi connectivity index (χ0) is 16.9. The molecular weight excluding hydrogens is 295 g/mol. The number of benzene rings is 1. The Labute approximate surface area is 136 Å². The van der Waals surface area contributed by atoms with Crippen molar-refractivity contribution >= 4 is 11.8 Å². The molecule has 0 aromatic heterocycles. The van der Waals surface area contributed by atoms with Crippen LogP contribution in [0.4, 0.5) is 4.39 Å². The number of esters is 1. The predicted molar refractivity (Wildman–Crippen MR) is 86.8 cm³/mol. The van der Waals surface area contributed by atoms with E-state index in [2.05, 4.69) is 6.58 Å². The molecule has 0 bridgehead atoms. The fourth-order valence-electron chi connectivity index (χ4n) is 3.40. The van der Waals surface area contributed by atoms with Crippen molar-refractivity contribution in [2.45, 2.75) is 45.4 Å². The van der Waals surface area contributed by atoms with E-state index in [1.165, 1.54) is 6.07 Å². The van der Waals surface area contributed by atoms with Gasteiger partial charge in [0.25, 0.3) is 0 Å². The van der Waals surface area contributed by atoms with Crippen LogP contribution in [0.1, 0.15) is 54.9 Å². The van der Waals surface area contributed by atoms with Gasteiger partial charge < -0.3 is 4.74 Å². The maximum absolute atomic E-state index is 13.9. The summed E-state index contributed by atoms with van der Waals surface area (Å²) < 4.78 is 18.8. The first-order valence-electron chi connectivity index (χ1n) is 8.13. The second kappa shape index (κ2) is 7.53. The summed E-state index contributed by atoms with van der Waals surface area (Å²) in [7, 11) is 0. The van der Waals surface area contributed by atoms with E-state index >= 15 is 0 Å². The number of allylic oxidation sites excluding steroid dienone is 1. The Bertz CT molecular complexity index is 609. The topological polar surface area (TPSA) is 43.4 Å². The lowest BCUT2D eigenvalue weighted by atomic mass is 9.66. The quantitative estimate of drug-likeness (QED) is 0.557. The highest BCUT2D eigenvalue weighted by Crippen LogP contribution is 2.43. The summed E-state index contributed by atoms with van der Waals surface area (Å²) in [5.74, 6) is -0.576.